The van der Waals surface area contributed by atoms with Crippen molar-refractivity contribution in [3.8, 4) is 0 Å². The van der Waals surface area contributed by atoms with Crippen molar-refractivity contribution in [3.63, 3.8) is 0 Å². The summed E-state index contributed by atoms with van der Waals surface area (Å²) in [5, 5.41) is 6.25. The standard InChI is InChI=1S/C2H5.CN.Cu.HI.Zn/c2*1-2;;;/h1H2,2H3;;;1H;/q2*-1;+1;;+2/p-1. The van der Waals surface area contributed by atoms with E-state index in [0.29, 0.717) is 0 Å². The third-order valence-corrected chi connectivity index (χ3v) is 0. The van der Waals surface area contributed by atoms with Crippen LogP contribution in [0.25, 0.3) is 0 Å². The van der Waals surface area contributed by atoms with E-state index in [1.165, 1.54) is 14.8 Å². The van der Waals surface area contributed by atoms with Gasteiger partial charge in [-0.3, -0.25) is 0 Å². The Morgan fingerprint density at radius 2 is 1.43 bits per heavy atom. The summed E-state index contributed by atoms with van der Waals surface area (Å²) in [7, 11) is 0. The normalized spacial score (nSPS) is 2.14. The molecule has 0 heterocycles. The number of nitrogens with zero attached hydrogens (tertiary/aromatic N) is 1. The average Bonchev–Trinajstić information content (AvgIpc) is 1.81. The third kappa shape index (κ3) is 114. The molecule has 0 radical (unpaired) electrons. The number of rotatable bonds is 0. The summed E-state index contributed by atoms with van der Waals surface area (Å²) in [5.74, 6) is 0. The van der Waals surface area contributed by atoms with Crippen LogP contribution in [0.1, 0.15) is 6.92 Å². The van der Waals surface area contributed by atoms with Crippen molar-refractivity contribution in [1.82, 2.24) is 0 Å². The molecule has 0 spiro atoms. The van der Waals surface area contributed by atoms with Crippen molar-refractivity contribution in [3.05, 3.63) is 13.5 Å². The summed E-state index contributed by atoms with van der Waals surface area (Å²) in [5.41, 5.74) is 0. The summed E-state index contributed by atoms with van der Waals surface area (Å²) >= 11 is 3.62. The van der Waals surface area contributed by atoms with E-state index in [9.17, 15) is 0 Å². The molecule has 0 fully saturated rings. The summed E-state index contributed by atoms with van der Waals surface area (Å²) in [6.45, 7) is 9.75. The topological polar surface area (TPSA) is 23.8 Å². The van der Waals surface area contributed by atoms with Crippen LogP contribution in [-0.2, 0) is 31.9 Å². The molecule has 0 rings (SSSR count). The fourth-order valence-corrected chi connectivity index (χ4v) is 0. The van der Waals surface area contributed by atoms with Gasteiger partial charge in [-0.2, -0.15) is 6.92 Å². The Kier molecular flexibility index (Phi) is 546. The molecule has 0 saturated heterocycles. The van der Waals surface area contributed by atoms with Gasteiger partial charge in [0.15, 0.2) is 0 Å². The Hall–Kier alpha value is 1.36. The molecule has 7 heavy (non-hydrogen) atoms. The molecule has 0 atom stereocenters. The molecule has 0 aromatic carbocycles. The van der Waals surface area contributed by atoms with E-state index < -0.39 is 0 Å². The van der Waals surface area contributed by atoms with Crippen molar-refractivity contribution in [2.75, 3.05) is 0 Å². The first-order valence-electron chi connectivity index (χ1n) is 1.20. The second-order valence-corrected chi connectivity index (χ2v) is 0. The van der Waals surface area contributed by atoms with Gasteiger partial charge in [-0.25, -0.2) is 0 Å². The van der Waals surface area contributed by atoms with Gasteiger partial charge >= 0.3 is 51.6 Å². The summed E-state index contributed by atoms with van der Waals surface area (Å²) in [6, 6.07) is 0. The molecular weight excluding hydrogens is 306 g/mol. The van der Waals surface area contributed by atoms with E-state index in [2.05, 4.69) is 26.7 Å². The predicted molar refractivity (Wildman–Crippen MR) is 30.0 cm³/mol. The van der Waals surface area contributed by atoms with Crippen LogP contribution in [-0.4, -0.2) is 0 Å². The zero-order valence-corrected chi connectivity index (χ0v) is 10.1. The Morgan fingerprint density at radius 3 is 1.43 bits per heavy atom. The summed E-state index contributed by atoms with van der Waals surface area (Å²) in [6.07, 6.45) is 0. The van der Waals surface area contributed by atoms with Gasteiger partial charge in [-0.05, 0) is 0 Å². The minimum absolute atomic E-state index is 0. The third-order valence-electron chi connectivity index (χ3n) is 0. The van der Waals surface area contributed by atoms with Crippen LogP contribution in [0.3, 0.4) is 0 Å². The molecular formula is C3H5CuINZn. The fraction of sp³-hybridized carbons (Fsp3) is 0.333. The minimum atomic E-state index is 0. The van der Waals surface area contributed by atoms with Gasteiger partial charge < -0.3 is 18.8 Å². The van der Waals surface area contributed by atoms with Crippen LogP contribution < -0.4 is 0 Å². The Bertz CT molecular complexity index is 19.7. The first-order valence-corrected chi connectivity index (χ1v) is 10.2. The van der Waals surface area contributed by atoms with E-state index in [4.69, 9.17) is 11.8 Å². The van der Waals surface area contributed by atoms with Gasteiger partial charge in [0.25, 0.3) is 0 Å². The van der Waals surface area contributed by atoms with Gasteiger partial charge in [-0.15, -0.1) is 0 Å². The molecule has 0 aromatic heterocycles. The molecule has 0 bridgehead atoms. The van der Waals surface area contributed by atoms with Crippen molar-refractivity contribution in [1.29, 1.82) is 5.26 Å². The molecule has 0 aliphatic carbocycles. The van der Waals surface area contributed by atoms with Crippen molar-refractivity contribution >= 4 is 19.8 Å². The van der Waals surface area contributed by atoms with Crippen LogP contribution in [0, 0.1) is 18.8 Å². The maximum absolute atomic E-state index is 6.25. The molecule has 0 amide bonds. The van der Waals surface area contributed by atoms with Crippen LogP contribution >= 0.6 is 19.8 Å². The molecule has 0 aliphatic rings. The number of hydrogen-bond donors (Lipinski definition) is 0. The van der Waals surface area contributed by atoms with Gasteiger partial charge in [-0.1, -0.05) is 0 Å². The SMILES string of the molecule is [C-]#N.[CH2-]C.[Cu+].[Zn+][I]. The zero-order valence-electron chi connectivity index (χ0n) is 4.04. The molecule has 0 saturated carbocycles. The average molecular weight is 311 g/mol. The monoisotopic (exact) mass is 309 g/mol. The van der Waals surface area contributed by atoms with Crippen LogP contribution in [0.5, 0.6) is 0 Å². The maximum atomic E-state index is 6.25. The van der Waals surface area contributed by atoms with Gasteiger partial charge in [0, 0.05) is 0 Å². The van der Waals surface area contributed by atoms with Gasteiger partial charge in [0.2, 0.25) is 0 Å². The van der Waals surface area contributed by atoms with Crippen LogP contribution in [0.4, 0.5) is 0 Å². The van der Waals surface area contributed by atoms with Gasteiger partial charge in [0.1, 0.15) is 0 Å². The van der Waals surface area contributed by atoms with Crippen molar-refractivity contribution in [2.24, 2.45) is 0 Å². The second-order valence-electron chi connectivity index (χ2n) is 0. The molecule has 1 nitrogen and oxygen atoms in total. The quantitative estimate of drug-likeness (QED) is 0.380. The molecule has 0 N–H and O–H groups in total. The van der Waals surface area contributed by atoms with Gasteiger partial charge in [0.05, 0.1) is 0 Å². The molecule has 0 aliphatic heterocycles. The first kappa shape index (κ1) is 23.8. The van der Waals surface area contributed by atoms with E-state index >= 15 is 0 Å². The van der Waals surface area contributed by atoms with E-state index in [1.54, 1.807) is 6.92 Å². The Labute approximate surface area is 76.6 Å². The molecule has 42 valence electrons. The molecule has 0 unspecified atom stereocenters. The van der Waals surface area contributed by atoms with Crippen LogP contribution in [0.15, 0.2) is 0 Å². The molecule has 0 aromatic rings. The van der Waals surface area contributed by atoms with Crippen molar-refractivity contribution in [2.45, 2.75) is 6.92 Å². The van der Waals surface area contributed by atoms with E-state index in [1.807, 2.05) is 0 Å². The van der Waals surface area contributed by atoms with Crippen molar-refractivity contribution < 1.29 is 31.9 Å². The summed E-state index contributed by atoms with van der Waals surface area (Å²) in [4.78, 5) is 0. The number of halogens is 1. The van der Waals surface area contributed by atoms with E-state index in [0.717, 1.165) is 0 Å². The molecule has 4 heteroatoms. The van der Waals surface area contributed by atoms with E-state index in [-0.39, 0.29) is 17.1 Å². The second kappa shape index (κ2) is 160. The Balaban J connectivity index is -0.00000000900. The summed E-state index contributed by atoms with van der Waals surface area (Å²) < 4.78 is 0. The first-order chi connectivity index (χ1) is 3.00. The Morgan fingerprint density at radius 1 is 1.43 bits per heavy atom. The predicted octanol–water partition coefficient (Wildman–Crippen LogP) is 1.82. The van der Waals surface area contributed by atoms with Crippen LogP contribution in [0.2, 0.25) is 0 Å². The number of hydrogen-bond acceptors (Lipinski definition) is 1. The zero-order chi connectivity index (χ0) is 6.00. The fourth-order valence-electron chi connectivity index (χ4n) is 0.